The number of hydrogen-bond acceptors (Lipinski definition) is 5. The van der Waals surface area contributed by atoms with Crippen LogP contribution < -0.4 is 4.90 Å². The Morgan fingerprint density at radius 1 is 0.943 bits per heavy atom. The molecule has 0 fully saturated rings. The summed E-state index contributed by atoms with van der Waals surface area (Å²) >= 11 is 6.74. The number of aryl methyl sites for hydroxylation is 1. The van der Waals surface area contributed by atoms with Crippen LogP contribution in [0.25, 0.3) is 5.57 Å². The van der Waals surface area contributed by atoms with Gasteiger partial charge in [-0.2, -0.15) is 0 Å². The van der Waals surface area contributed by atoms with Gasteiger partial charge in [0, 0.05) is 24.3 Å². The predicted molar refractivity (Wildman–Crippen MR) is 135 cm³/mol. The van der Waals surface area contributed by atoms with Gasteiger partial charge in [-0.05, 0) is 92.0 Å². The molecule has 0 unspecified atom stereocenters. The van der Waals surface area contributed by atoms with Crippen molar-refractivity contribution in [1.29, 1.82) is 0 Å². The number of hydrogen-bond donors (Lipinski definition) is 3. The van der Waals surface area contributed by atoms with E-state index in [1.54, 1.807) is 31.2 Å². The fraction of sp³-hybridized carbons (Fsp3) is 0.222. The fourth-order valence-corrected chi connectivity index (χ4v) is 4.40. The second-order valence-electron chi connectivity index (χ2n) is 8.18. The number of carboxylic acids is 2. The van der Waals surface area contributed by atoms with Gasteiger partial charge in [-0.25, -0.2) is 9.59 Å². The number of Topliss-reactive ketones (excluding diaryl/α,β-unsaturated/α-hetero) is 1. The number of anilines is 1. The average Bonchev–Trinajstić information content (AvgIpc) is 2.80. The molecule has 0 atom stereocenters. The van der Waals surface area contributed by atoms with E-state index in [9.17, 15) is 29.7 Å². The van der Waals surface area contributed by atoms with Crippen molar-refractivity contribution in [3.05, 3.63) is 86.5 Å². The molecule has 8 heteroatoms. The highest BCUT2D eigenvalue weighted by Gasteiger charge is 2.26. The van der Waals surface area contributed by atoms with Gasteiger partial charge in [-0.15, -0.1) is 0 Å². The van der Waals surface area contributed by atoms with E-state index in [2.05, 4.69) is 4.90 Å². The zero-order chi connectivity index (χ0) is 26.0. The predicted octanol–water partition coefficient (Wildman–Crippen LogP) is 5.24. The molecule has 7 nitrogen and oxygen atoms in total. The zero-order valence-electron chi connectivity index (χ0n) is 19.8. The second-order valence-corrected chi connectivity index (χ2v) is 8.59. The van der Waals surface area contributed by atoms with Gasteiger partial charge in [0.05, 0.1) is 5.02 Å². The summed E-state index contributed by atoms with van der Waals surface area (Å²) < 4.78 is 0. The van der Waals surface area contributed by atoms with Gasteiger partial charge in [-0.1, -0.05) is 17.7 Å². The van der Waals surface area contributed by atoms with Crippen LogP contribution in [0.5, 0.6) is 5.75 Å². The molecule has 0 spiro atoms. The van der Waals surface area contributed by atoms with Crippen LogP contribution >= 0.6 is 11.6 Å². The van der Waals surface area contributed by atoms with Crippen molar-refractivity contribution in [1.82, 2.24) is 0 Å². The number of ketones is 1. The van der Waals surface area contributed by atoms with Crippen molar-refractivity contribution in [3.63, 3.8) is 0 Å². The number of rotatable bonds is 7. The zero-order valence-corrected chi connectivity index (χ0v) is 20.6. The normalized spacial score (nSPS) is 14.8. The molecule has 0 aliphatic heterocycles. The molecule has 2 aromatic rings. The lowest BCUT2D eigenvalue weighted by Crippen LogP contribution is -2.21. The average molecular weight is 496 g/mol. The number of allylic oxidation sites excluding steroid dienone is 4. The molecule has 0 saturated heterocycles. The Hall–Kier alpha value is -3.84. The summed E-state index contributed by atoms with van der Waals surface area (Å²) in [7, 11) is 0. The van der Waals surface area contributed by atoms with E-state index in [0.29, 0.717) is 32.9 Å². The summed E-state index contributed by atoms with van der Waals surface area (Å²) in [6, 6.07) is 8.38. The lowest BCUT2D eigenvalue weighted by atomic mass is 9.85. The van der Waals surface area contributed by atoms with Gasteiger partial charge in [0.2, 0.25) is 0 Å². The molecular weight excluding hydrogens is 470 g/mol. The molecule has 3 rings (SSSR count). The highest BCUT2D eigenvalue weighted by atomic mass is 35.5. The first-order chi connectivity index (χ1) is 16.5. The number of carbonyl (C=O) groups excluding carboxylic acids is 1. The maximum absolute atomic E-state index is 12.4. The van der Waals surface area contributed by atoms with Crippen molar-refractivity contribution in [2.75, 3.05) is 18.0 Å². The highest BCUT2D eigenvalue weighted by molar-refractivity contribution is 6.33. The van der Waals surface area contributed by atoms with Crippen molar-refractivity contribution < 1.29 is 29.7 Å². The lowest BCUT2D eigenvalue weighted by Gasteiger charge is -2.23. The molecule has 0 bridgehead atoms. The third-order valence-electron chi connectivity index (χ3n) is 5.96. The number of phenols is 1. The molecule has 2 aromatic carbocycles. The van der Waals surface area contributed by atoms with Crippen molar-refractivity contribution in [2.24, 2.45) is 0 Å². The monoisotopic (exact) mass is 495 g/mol. The standard InChI is InChI=1S/C27H26ClNO6/c1-5-29(6-2)18-7-8-19(22(28)13-18)23(16-9-14(3)24(30)20(11-16)26(32)33)17-10-15(4)25(31)21(12-17)27(34)35/h7-13,30H,5-6H2,1-4H3,(H,32,33)(H,34,35)/b23-17+. The number of benzene rings is 2. The van der Waals surface area contributed by atoms with E-state index in [0.717, 1.165) is 18.8 Å². The van der Waals surface area contributed by atoms with Crippen LogP contribution in [0.15, 0.2) is 59.2 Å². The van der Waals surface area contributed by atoms with Crippen molar-refractivity contribution >= 4 is 40.6 Å². The van der Waals surface area contributed by atoms with Crippen LogP contribution in [0.4, 0.5) is 5.69 Å². The van der Waals surface area contributed by atoms with Crippen LogP contribution in [0.1, 0.15) is 47.8 Å². The first kappa shape index (κ1) is 25.8. The maximum Gasteiger partial charge on any atom is 0.339 e. The second kappa shape index (κ2) is 10.2. The highest BCUT2D eigenvalue weighted by Crippen LogP contribution is 2.39. The third-order valence-corrected chi connectivity index (χ3v) is 6.28. The van der Waals surface area contributed by atoms with Crippen molar-refractivity contribution in [3.8, 4) is 5.75 Å². The Labute approximate surface area is 208 Å². The molecule has 0 heterocycles. The SMILES string of the molecule is CCN(CC)c1ccc(/C(=C2\C=C(C)C(=O)C(C(=O)O)=C2)c2cc(C)c(O)c(C(=O)O)c2)c(Cl)c1. The number of nitrogens with zero attached hydrogens (tertiary/aromatic N) is 1. The van der Waals surface area contributed by atoms with Crippen LogP contribution in [-0.2, 0) is 9.59 Å². The number of aromatic hydroxyl groups is 1. The minimum atomic E-state index is -1.37. The molecular formula is C27H26ClNO6. The van der Waals surface area contributed by atoms with Gasteiger partial charge in [0.25, 0.3) is 0 Å². The Balaban J connectivity index is 2.41. The first-order valence-electron chi connectivity index (χ1n) is 11.0. The van der Waals surface area contributed by atoms with Crippen LogP contribution in [-0.4, -0.2) is 46.1 Å². The molecule has 0 radical (unpaired) electrons. The molecule has 1 aliphatic carbocycles. The maximum atomic E-state index is 12.4. The smallest absolute Gasteiger partial charge is 0.339 e. The molecule has 3 N–H and O–H groups in total. The molecule has 0 amide bonds. The summed E-state index contributed by atoms with van der Waals surface area (Å²) in [5, 5.41) is 29.9. The molecule has 35 heavy (non-hydrogen) atoms. The molecule has 182 valence electrons. The van der Waals surface area contributed by atoms with E-state index in [4.69, 9.17) is 11.6 Å². The number of aromatic carboxylic acids is 1. The minimum absolute atomic E-state index is 0.224. The Bertz CT molecular complexity index is 1330. The number of carboxylic acid groups (broad SMARTS) is 2. The number of aliphatic carboxylic acids is 1. The van der Waals surface area contributed by atoms with Gasteiger partial charge in [-0.3, -0.25) is 4.79 Å². The van der Waals surface area contributed by atoms with Gasteiger partial charge >= 0.3 is 11.9 Å². The summed E-state index contributed by atoms with van der Waals surface area (Å²) in [5.74, 6) is -3.64. The summed E-state index contributed by atoms with van der Waals surface area (Å²) in [6.45, 7) is 8.68. The molecule has 0 aromatic heterocycles. The molecule has 1 aliphatic rings. The van der Waals surface area contributed by atoms with E-state index in [1.807, 2.05) is 19.9 Å². The quantitative estimate of drug-likeness (QED) is 0.450. The minimum Gasteiger partial charge on any atom is -0.507 e. The first-order valence-corrected chi connectivity index (χ1v) is 11.4. The van der Waals surface area contributed by atoms with Crippen LogP contribution in [0.2, 0.25) is 5.02 Å². The third kappa shape index (κ3) is 5.00. The van der Waals surface area contributed by atoms with Crippen molar-refractivity contribution in [2.45, 2.75) is 27.7 Å². The number of carbonyl (C=O) groups is 3. The van der Waals surface area contributed by atoms with Gasteiger partial charge in [0.15, 0.2) is 5.78 Å². The van der Waals surface area contributed by atoms with Crippen LogP contribution in [0.3, 0.4) is 0 Å². The summed E-state index contributed by atoms with van der Waals surface area (Å²) in [4.78, 5) is 38.1. The van der Waals surface area contributed by atoms with E-state index in [-0.39, 0.29) is 16.9 Å². The van der Waals surface area contributed by atoms with E-state index in [1.165, 1.54) is 19.1 Å². The topological polar surface area (TPSA) is 115 Å². The Kier molecular flexibility index (Phi) is 7.51. The van der Waals surface area contributed by atoms with Gasteiger partial charge in [0.1, 0.15) is 16.9 Å². The fourth-order valence-electron chi connectivity index (χ4n) is 4.13. The molecule has 0 saturated carbocycles. The van der Waals surface area contributed by atoms with E-state index < -0.39 is 23.3 Å². The van der Waals surface area contributed by atoms with Crippen LogP contribution in [0, 0.1) is 6.92 Å². The number of halogens is 1. The Morgan fingerprint density at radius 3 is 2.14 bits per heavy atom. The lowest BCUT2D eigenvalue weighted by molar-refractivity contribution is -0.134. The summed E-state index contributed by atoms with van der Waals surface area (Å²) in [5.41, 5.74) is 2.50. The summed E-state index contributed by atoms with van der Waals surface area (Å²) in [6.07, 6.45) is 2.83. The Morgan fingerprint density at radius 2 is 1.60 bits per heavy atom. The van der Waals surface area contributed by atoms with Gasteiger partial charge < -0.3 is 20.2 Å². The van der Waals surface area contributed by atoms with E-state index >= 15 is 0 Å². The largest absolute Gasteiger partial charge is 0.507 e.